The predicted octanol–water partition coefficient (Wildman–Crippen LogP) is 10.1. The van der Waals surface area contributed by atoms with Gasteiger partial charge in [-0.3, -0.25) is 0 Å². The summed E-state index contributed by atoms with van der Waals surface area (Å²) in [6.45, 7) is 13.4. The molecule has 0 spiro atoms. The van der Waals surface area contributed by atoms with Gasteiger partial charge in [-0.1, -0.05) is 88.6 Å². The van der Waals surface area contributed by atoms with Gasteiger partial charge in [0.15, 0.2) is 0 Å². The van der Waals surface area contributed by atoms with E-state index in [4.69, 9.17) is 0 Å². The third kappa shape index (κ3) is 15.4. The van der Waals surface area contributed by atoms with Gasteiger partial charge in [-0.15, -0.1) is 0 Å². The summed E-state index contributed by atoms with van der Waals surface area (Å²) in [5.74, 6) is 0. The van der Waals surface area contributed by atoms with E-state index in [-0.39, 0.29) is 0 Å². The topological polar surface area (TPSA) is 0 Å². The Morgan fingerprint density at radius 1 is 0.516 bits per heavy atom. The van der Waals surface area contributed by atoms with Crippen molar-refractivity contribution in [3.63, 3.8) is 0 Å². The van der Waals surface area contributed by atoms with Crippen molar-refractivity contribution in [3.8, 4) is 0 Å². The van der Waals surface area contributed by atoms with E-state index < -0.39 is 0 Å². The van der Waals surface area contributed by atoms with Crippen LogP contribution in [0.2, 0.25) is 0 Å². The van der Waals surface area contributed by atoms with Crippen LogP contribution >= 0.6 is 0 Å². The fourth-order valence-electron chi connectivity index (χ4n) is 3.54. The van der Waals surface area contributed by atoms with E-state index in [1.165, 1.54) is 78.4 Å². The van der Waals surface area contributed by atoms with Gasteiger partial charge in [0, 0.05) is 0 Å². The van der Waals surface area contributed by atoms with Gasteiger partial charge >= 0.3 is 0 Å². The number of hydrogen-bond acceptors (Lipinski definition) is 0. The van der Waals surface area contributed by atoms with Crippen LogP contribution in [-0.2, 0) is 6.42 Å². The Balaban J connectivity index is 2.23. The van der Waals surface area contributed by atoms with Gasteiger partial charge in [0.25, 0.3) is 0 Å². The van der Waals surface area contributed by atoms with Crippen LogP contribution < -0.4 is 0 Å². The standard InChI is InChI=1S/C31H46/c1-26(2)14-10-15-27(3)16-11-17-28(4)18-12-19-29(5)20-13-21-30(6)24-25-31-22-8-7-9-23-31/h7-9,14,16,18,20,22-24H,10-13,15,17,19,21,25H2,1-6H3/b27-16+,28-18+,29-20+,30-24+. The van der Waals surface area contributed by atoms with Crippen molar-refractivity contribution >= 4 is 0 Å². The van der Waals surface area contributed by atoms with Crippen molar-refractivity contribution in [2.24, 2.45) is 0 Å². The summed E-state index contributed by atoms with van der Waals surface area (Å²) in [4.78, 5) is 0. The quantitative estimate of drug-likeness (QED) is 0.264. The van der Waals surface area contributed by atoms with Crippen molar-refractivity contribution in [1.29, 1.82) is 0 Å². The molecule has 0 bridgehead atoms. The first-order valence-electron chi connectivity index (χ1n) is 12.2. The first-order chi connectivity index (χ1) is 14.9. The average molecular weight is 419 g/mol. The summed E-state index contributed by atoms with van der Waals surface area (Å²) >= 11 is 0. The van der Waals surface area contributed by atoms with E-state index in [0.717, 1.165) is 12.8 Å². The molecule has 1 rings (SSSR count). The predicted molar refractivity (Wildman–Crippen MR) is 142 cm³/mol. The minimum absolute atomic E-state index is 1.05. The highest BCUT2D eigenvalue weighted by atomic mass is 14.0. The molecule has 0 aliphatic carbocycles. The summed E-state index contributed by atoms with van der Waals surface area (Å²) in [6, 6.07) is 10.7. The van der Waals surface area contributed by atoms with Crippen LogP contribution in [0.3, 0.4) is 0 Å². The molecule has 31 heavy (non-hydrogen) atoms. The van der Waals surface area contributed by atoms with Gasteiger partial charge in [0.05, 0.1) is 0 Å². The molecule has 0 aliphatic rings. The minimum Gasteiger partial charge on any atom is -0.0856 e. The van der Waals surface area contributed by atoms with Crippen LogP contribution in [0.1, 0.15) is 98.5 Å². The van der Waals surface area contributed by atoms with Crippen molar-refractivity contribution in [1.82, 2.24) is 0 Å². The lowest BCUT2D eigenvalue weighted by molar-refractivity contribution is 0.890. The van der Waals surface area contributed by atoms with E-state index in [9.17, 15) is 0 Å². The number of allylic oxidation sites excluding steroid dienone is 10. The van der Waals surface area contributed by atoms with E-state index in [1.54, 1.807) is 0 Å². The average Bonchev–Trinajstić information content (AvgIpc) is 2.72. The van der Waals surface area contributed by atoms with Crippen LogP contribution in [-0.4, -0.2) is 0 Å². The molecule has 0 amide bonds. The van der Waals surface area contributed by atoms with E-state index in [2.05, 4.69) is 102 Å². The Labute approximate surface area is 193 Å². The molecular formula is C31H46. The zero-order chi connectivity index (χ0) is 22.9. The second-order valence-electron chi connectivity index (χ2n) is 9.33. The maximum absolute atomic E-state index is 2.44. The summed E-state index contributed by atoms with van der Waals surface area (Å²) in [6.07, 6.45) is 22.5. The summed E-state index contributed by atoms with van der Waals surface area (Å²) in [5, 5.41) is 0. The van der Waals surface area contributed by atoms with Gasteiger partial charge in [-0.05, 0) is 105 Å². The minimum atomic E-state index is 1.05. The molecule has 170 valence electrons. The fraction of sp³-hybridized carbons (Fsp3) is 0.484. The zero-order valence-electron chi connectivity index (χ0n) is 21.1. The number of rotatable bonds is 14. The zero-order valence-corrected chi connectivity index (χ0v) is 21.1. The van der Waals surface area contributed by atoms with Crippen molar-refractivity contribution in [2.45, 2.75) is 99.3 Å². The second-order valence-corrected chi connectivity index (χ2v) is 9.33. The lowest BCUT2D eigenvalue weighted by Crippen LogP contribution is -1.84. The number of hydrogen-bond donors (Lipinski definition) is 0. The van der Waals surface area contributed by atoms with Crippen molar-refractivity contribution < 1.29 is 0 Å². The summed E-state index contributed by atoms with van der Waals surface area (Å²) in [5.41, 5.74) is 8.89. The molecule has 0 heteroatoms. The highest BCUT2D eigenvalue weighted by Gasteiger charge is 1.95. The molecule has 0 atom stereocenters. The molecule has 0 radical (unpaired) electrons. The van der Waals surface area contributed by atoms with E-state index in [0.29, 0.717) is 0 Å². The Hall–Kier alpha value is -2.08. The lowest BCUT2D eigenvalue weighted by Gasteiger charge is -2.03. The molecule has 0 N–H and O–H groups in total. The third-order valence-electron chi connectivity index (χ3n) is 5.71. The maximum atomic E-state index is 2.44. The smallest absolute Gasteiger partial charge is 0.00949 e. The molecule has 0 heterocycles. The Kier molecular flexibility index (Phi) is 14.4. The van der Waals surface area contributed by atoms with Gasteiger partial charge in [0.2, 0.25) is 0 Å². The molecule has 1 aromatic carbocycles. The molecular weight excluding hydrogens is 372 g/mol. The van der Waals surface area contributed by atoms with Crippen LogP contribution in [0.4, 0.5) is 0 Å². The van der Waals surface area contributed by atoms with Crippen LogP contribution in [0.25, 0.3) is 0 Å². The van der Waals surface area contributed by atoms with Gasteiger partial charge in [-0.25, -0.2) is 0 Å². The Morgan fingerprint density at radius 2 is 0.903 bits per heavy atom. The van der Waals surface area contributed by atoms with Crippen molar-refractivity contribution in [2.75, 3.05) is 0 Å². The van der Waals surface area contributed by atoms with E-state index in [1.807, 2.05) is 0 Å². The molecule has 0 fully saturated rings. The molecule has 0 aromatic heterocycles. The van der Waals surface area contributed by atoms with Gasteiger partial charge in [-0.2, -0.15) is 0 Å². The SMILES string of the molecule is CC(C)=CCC/C(C)=C/CC/C(C)=C/CC/C(C)=C/CC/C(C)=C/Cc1ccccc1. The molecule has 0 unspecified atom stereocenters. The normalized spacial score (nSPS) is 13.5. The van der Waals surface area contributed by atoms with Crippen molar-refractivity contribution in [3.05, 3.63) is 94.1 Å². The van der Waals surface area contributed by atoms with Crippen LogP contribution in [0.5, 0.6) is 0 Å². The molecule has 1 aromatic rings. The van der Waals surface area contributed by atoms with Gasteiger partial charge in [0.1, 0.15) is 0 Å². The third-order valence-corrected chi connectivity index (χ3v) is 5.71. The second kappa shape index (κ2) is 16.6. The Morgan fingerprint density at radius 3 is 1.32 bits per heavy atom. The highest BCUT2D eigenvalue weighted by Crippen LogP contribution is 2.15. The monoisotopic (exact) mass is 418 g/mol. The first kappa shape index (κ1) is 27.0. The van der Waals surface area contributed by atoms with Crippen LogP contribution in [0, 0.1) is 0 Å². The maximum Gasteiger partial charge on any atom is -0.00949 e. The van der Waals surface area contributed by atoms with Gasteiger partial charge < -0.3 is 0 Å². The fourth-order valence-corrected chi connectivity index (χ4v) is 3.54. The molecule has 0 aliphatic heterocycles. The molecule has 0 nitrogen and oxygen atoms in total. The lowest BCUT2D eigenvalue weighted by atomic mass is 10.0. The largest absolute Gasteiger partial charge is 0.0856 e. The highest BCUT2D eigenvalue weighted by molar-refractivity contribution is 5.19. The molecule has 0 saturated heterocycles. The first-order valence-corrected chi connectivity index (χ1v) is 12.2. The number of benzene rings is 1. The van der Waals surface area contributed by atoms with Crippen LogP contribution in [0.15, 0.2) is 88.6 Å². The van der Waals surface area contributed by atoms with E-state index >= 15 is 0 Å². The summed E-state index contributed by atoms with van der Waals surface area (Å²) < 4.78 is 0. The molecule has 0 saturated carbocycles. The Bertz CT molecular complexity index is 762. The summed E-state index contributed by atoms with van der Waals surface area (Å²) in [7, 11) is 0.